The van der Waals surface area contributed by atoms with Crippen LogP contribution >= 0.6 is 0 Å². The van der Waals surface area contributed by atoms with Crippen LogP contribution in [-0.2, 0) is 4.74 Å². The molecule has 1 fully saturated rings. The highest BCUT2D eigenvalue weighted by Gasteiger charge is 2.21. The minimum Gasteiger partial charge on any atom is -0.374 e. The summed E-state index contributed by atoms with van der Waals surface area (Å²) in [6.45, 7) is 6.45. The number of ether oxygens (including phenoxy) is 1. The summed E-state index contributed by atoms with van der Waals surface area (Å²) in [7, 11) is 0. The maximum atomic E-state index is 5.97. The molecule has 0 amide bonds. The molecule has 1 rings (SSSR count). The van der Waals surface area contributed by atoms with Crippen molar-refractivity contribution in [2.75, 3.05) is 13.1 Å². The molecule has 0 aliphatic heterocycles. The molecular weight excluding hydrogens is 162 g/mol. The molecule has 0 aromatic carbocycles. The summed E-state index contributed by atoms with van der Waals surface area (Å²) >= 11 is 0. The lowest BCUT2D eigenvalue weighted by Crippen LogP contribution is -2.35. The first-order valence-electron chi connectivity index (χ1n) is 5.73. The van der Waals surface area contributed by atoms with Crippen LogP contribution in [0.4, 0.5) is 0 Å². The van der Waals surface area contributed by atoms with E-state index in [9.17, 15) is 0 Å². The Labute approximate surface area is 82.0 Å². The molecule has 0 saturated heterocycles. The van der Waals surface area contributed by atoms with E-state index in [1.54, 1.807) is 0 Å². The fraction of sp³-hybridized carbons (Fsp3) is 1.00. The van der Waals surface area contributed by atoms with E-state index >= 15 is 0 Å². The van der Waals surface area contributed by atoms with Crippen LogP contribution < -0.4 is 5.32 Å². The Morgan fingerprint density at radius 2 is 2.15 bits per heavy atom. The van der Waals surface area contributed by atoms with Crippen molar-refractivity contribution in [1.29, 1.82) is 0 Å². The van der Waals surface area contributed by atoms with Gasteiger partial charge in [0.1, 0.15) is 0 Å². The van der Waals surface area contributed by atoms with Gasteiger partial charge >= 0.3 is 0 Å². The van der Waals surface area contributed by atoms with Gasteiger partial charge in [-0.1, -0.05) is 20.3 Å². The first kappa shape index (κ1) is 11.0. The third-order valence-electron chi connectivity index (χ3n) is 2.67. The Bertz CT molecular complexity index is 123. The average molecular weight is 185 g/mol. The van der Waals surface area contributed by atoms with E-state index in [-0.39, 0.29) is 0 Å². The maximum absolute atomic E-state index is 5.97. The SMILES string of the molecule is CCCC(CNCC)OC1CCC1. The Balaban J connectivity index is 2.11. The second kappa shape index (κ2) is 6.39. The zero-order valence-corrected chi connectivity index (χ0v) is 9.01. The summed E-state index contributed by atoms with van der Waals surface area (Å²) in [4.78, 5) is 0. The van der Waals surface area contributed by atoms with Crippen molar-refractivity contribution in [1.82, 2.24) is 5.32 Å². The molecule has 1 N–H and O–H groups in total. The fourth-order valence-electron chi connectivity index (χ4n) is 1.62. The molecule has 1 saturated carbocycles. The van der Waals surface area contributed by atoms with Crippen LogP contribution in [0.25, 0.3) is 0 Å². The Kier molecular flexibility index (Phi) is 5.40. The molecule has 2 nitrogen and oxygen atoms in total. The van der Waals surface area contributed by atoms with E-state index in [4.69, 9.17) is 4.74 Å². The van der Waals surface area contributed by atoms with Gasteiger partial charge in [0.2, 0.25) is 0 Å². The standard InChI is InChI=1S/C11H23NO/c1-3-6-11(9-12-4-2)13-10-7-5-8-10/h10-12H,3-9H2,1-2H3. The molecule has 0 aromatic heterocycles. The van der Waals surface area contributed by atoms with E-state index in [0.717, 1.165) is 13.1 Å². The van der Waals surface area contributed by atoms with Crippen molar-refractivity contribution in [2.45, 2.75) is 58.2 Å². The molecule has 1 aliphatic rings. The number of hydrogen-bond acceptors (Lipinski definition) is 2. The second-order valence-electron chi connectivity index (χ2n) is 3.91. The van der Waals surface area contributed by atoms with Gasteiger partial charge in [-0.25, -0.2) is 0 Å². The van der Waals surface area contributed by atoms with E-state index in [0.29, 0.717) is 12.2 Å². The molecule has 1 atom stereocenters. The van der Waals surface area contributed by atoms with Crippen molar-refractivity contribution in [3.05, 3.63) is 0 Å². The fourth-order valence-corrected chi connectivity index (χ4v) is 1.62. The van der Waals surface area contributed by atoms with Crippen molar-refractivity contribution in [2.24, 2.45) is 0 Å². The van der Waals surface area contributed by atoms with Crippen LogP contribution in [0.3, 0.4) is 0 Å². The smallest absolute Gasteiger partial charge is 0.0703 e. The van der Waals surface area contributed by atoms with Crippen LogP contribution in [0.1, 0.15) is 46.0 Å². The minimum absolute atomic E-state index is 0.454. The van der Waals surface area contributed by atoms with E-state index < -0.39 is 0 Å². The predicted molar refractivity (Wildman–Crippen MR) is 56.0 cm³/mol. The maximum Gasteiger partial charge on any atom is 0.0703 e. The number of nitrogens with one attached hydrogen (secondary N) is 1. The summed E-state index contributed by atoms with van der Waals surface area (Å²) in [5.74, 6) is 0. The lowest BCUT2D eigenvalue weighted by Gasteiger charge is -2.30. The van der Waals surface area contributed by atoms with E-state index in [1.807, 2.05) is 0 Å². The highest BCUT2D eigenvalue weighted by atomic mass is 16.5. The van der Waals surface area contributed by atoms with Crippen LogP contribution in [-0.4, -0.2) is 25.3 Å². The molecule has 0 bridgehead atoms. The molecule has 1 unspecified atom stereocenters. The average Bonchev–Trinajstić information content (AvgIpc) is 2.07. The van der Waals surface area contributed by atoms with Crippen LogP contribution in [0.15, 0.2) is 0 Å². The Morgan fingerprint density at radius 3 is 2.62 bits per heavy atom. The topological polar surface area (TPSA) is 21.3 Å². The molecule has 0 radical (unpaired) electrons. The molecular formula is C11H23NO. The van der Waals surface area contributed by atoms with Gasteiger partial charge in [-0.15, -0.1) is 0 Å². The normalized spacial score (nSPS) is 19.8. The van der Waals surface area contributed by atoms with Gasteiger partial charge in [0.05, 0.1) is 12.2 Å². The molecule has 13 heavy (non-hydrogen) atoms. The van der Waals surface area contributed by atoms with Crippen molar-refractivity contribution < 1.29 is 4.74 Å². The molecule has 1 aliphatic carbocycles. The lowest BCUT2D eigenvalue weighted by atomic mass is 9.96. The van der Waals surface area contributed by atoms with Crippen LogP contribution in [0.2, 0.25) is 0 Å². The summed E-state index contributed by atoms with van der Waals surface area (Å²) in [6, 6.07) is 0. The second-order valence-corrected chi connectivity index (χ2v) is 3.91. The largest absolute Gasteiger partial charge is 0.374 e. The van der Waals surface area contributed by atoms with E-state index in [1.165, 1.54) is 32.1 Å². The van der Waals surface area contributed by atoms with Gasteiger partial charge < -0.3 is 10.1 Å². The molecule has 0 aromatic rings. The summed E-state index contributed by atoms with van der Waals surface area (Å²) in [5.41, 5.74) is 0. The molecule has 2 heteroatoms. The number of rotatable bonds is 7. The van der Waals surface area contributed by atoms with Gasteiger partial charge in [0.15, 0.2) is 0 Å². The molecule has 78 valence electrons. The van der Waals surface area contributed by atoms with Crippen LogP contribution in [0, 0.1) is 0 Å². The summed E-state index contributed by atoms with van der Waals surface area (Å²) in [6.07, 6.45) is 7.39. The van der Waals surface area contributed by atoms with Gasteiger partial charge in [0, 0.05) is 6.54 Å². The lowest BCUT2D eigenvalue weighted by molar-refractivity contribution is -0.0531. The summed E-state index contributed by atoms with van der Waals surface area (Å²) < 4.78 is 5.97. The number of hydrogen-bond donors (Lipinski definition) is 1. The van der Waals surface area contributed by atoms with E-state index in [2.05, 4.69) is 19.2 Å². The van der Waals surface area contributed by atoms with Crippen LogP contribution in [0.5, 0.6) is 0 Å². The minimum atomic E-state index is 0.454. The zero-order chi connectivity index (χ0) is 9.52. The third-order valence-corrected chi connectivity index (χ3v) is 2.67. The summed E-state index contributed by atoms with van der Waals surface area (Å²) in [5, 5.41) is 3.36. The monoisotopic (exact) mass is 185 g/mol. The van der Waals surface area contributed by atoms with Crippen molar-refractivity contribution >= 4 is 0 Å². The van der Waals surface area contributed by atoms with Crippen molar-refractivity contribution in [3.63, 3.8) is 0 Å². The van der Waals surface area contributed by atoms with Gasteiger partial charge in [0.25, 0.3) is 0 Å². The van der Waals surface area contributed by atoms with Gasteiger partial charge in [-0.2, -0.15) is 0 Å². The molecule has 0 spiro atoms. The zero-order valence-electron chi connectivity index (χ0n) is 9.01. The Morgan fingerprint density at radius 1 is 1.38 bits per heavy atom. The molecule has 0 heterocycles. The third kappa shape index (κ3) is 4.10. The predicted octanol–water partition coefficient (Wildman–Crippen LogP) is 2.33. The first-order valence-corrected chi connectivity index (χ1v) is 5.73. The first-order chi connectivity index (χ1) is 6.36. The quantitative estimate of drug-likeness (QED) is 0.657. The Hall–Kier alpha value is -0.0800. The highest BCUT2D eigenvalue weighted by Crippen LogP contribution is 2.24. The van der Waals surface area contributed by atoms with Gasteiger partial charge in [-0.05, 0) is 32.2 Å². The number of likely N-dealkylation sites (N-methyl/N-ethyl adjacent to an activating group) is 1. The highest BCUT2D eigenvalue weighted by molar-refractivity contribution is 4.72. The van der Waals surface area contributed by atoms with Crippen molar-refractivity contribution in [3.8, 4) is 0 Å². The van der Waals surface area contributed by atoms with Gasteiger partial charge in [-0.3, -0.25) is 0 Å².